The highest BCUT2D eigenvalue weighted by molar-refractivity contribution is 7.80. The van der Waals surface area contributed by atoms with Gasteiger partial charge in [0.05, 0.1) is 10.8 Å². The average Bonchev–Trinajstić information content (AvgIpc) is 1.65. The summed E-state index contributed by atoms with van der Waals surface area (Å²) in [6.45, 7) is 3.69. The molecule has 0 spiro atoms. The second-order valence-corrected chi connectivity index (χ2v) is 2.10. The smallest absolute Gasteiger partial charge is 0.0975 e. The third-order valence-corrected chi connectivity index (χ3v) is 0.794. The van der Waals surface area contributed by atoms with E-state index < -0.39 is 0 Å². The van der Waals surface area contributed by atoms with Gasteiger partial charge in [-0.25, -0.2) is 0 Å². The van der Waals surface area contributed by atoms with Crippen molar-refractivity contribution in [3.8, 4) is 0 Å². The highest BCUT2D eigenvalue weighted by Gasteiger charge is 1.84. The summed E-state index contributed by atoms with van der Waals surface area (Å²) in [5, 5.41) is 2.87. The van der Waals surface area contributed by atoms with E-state index in [1.165, 1.54) is 0 Å². The average molecular weight is 130 g/mol. The van der Waals surface area contributed by atoms with Gasteiger partial charge in [0.1, 0.15) is 0 Å². The van der Waals surface area contributed by atoms with Gasteiger partial charge in [-0.15, -0.1) is 0 Å². The third kappa shape index (κ3) is 3.74. The van der Waals surface area contributed by atoms with Gasteiger partial charge in [-0.05, 0) is 13.8 Å². The monoisotopic (exact) mass is 130 g/mol. The summed E-state index contributed by atoms with van der Waals surface area (Å²) in [6, 6.07) is 0. The summed E-state index contributed by atoms with van der Waals surface area (Å²) in [5.74, 6) is 0.859. The van der Waals surface area contributed by atoms with E-state index in [1.807, 2.05) is 13.8 Å². The first kappa shape index (κ1) is 7.56. The maximum Gasteiger partial charge on any atom is 0.0975 e. The number of thiocarbonyl (C=S) groups is 1. The predicted molar refractivity (Wildman–Crippen MR) is 40.4 cm³/mol. The van der Waals surface area contributed by atoms with Crippen LogP contribution in [0.3, 0.4) is 0 Å². The molecule has 0 amide bonds. The van der Waals surface area contributed by atoms with Crippen molar-refractivity contribution in [1.29, 1.82) is 0 Å². The first-order chi connectivity index (χ1) is 3.66. The van der Waals surface area contributed by atoms with Crippen molar-refractivity contribution in [2.75, 3.05) is 7.05 Å². The molecule has 0 bridgehead atoms. The molecule has 0 fully saturated rings. The molecule has 0 aliphatic rings. The third-order valence-electron chi connectivity index (χ3n) is 0.692. The van der Waals surface area contributed by atoms with E-state index in [0.717, 1.165) is 10.8 Å². The number of hydrogen-bond acceptors (Lipinski definition) is 2. The van der Waals surface area contributed by atoms with Crippen LogP contribution in [0.5, 0.6) is 0 Å². The van der Waals surface area contributed by atoms with Crippen molar-refractivity contribution in [2.24, 2.45) is 4.99 Å². The van der Waals surface area contributed by atoms with Crippen LogP contribution >= 0.6 is 12.2 Å². The molecule has 1 N–H and O–H groups in total. The first-order valence-electron chi connectivity index (χ1n) is 2.37. The molecular formula is C5H10N2S. The SMILES string of the molecule is CN=C(C)NC(C)=S. The number of amidine groups is 1. The van der Waals surface area contributed by atoms with Gasteiger partial charge in [-0.2, -0.15) is 0 Å². The number of hydrogen-bond donors (Lipinski definition) is 1. The molecule has 8 heavy (non-hydrogen) atoms. The Labute approximate surface area is 55.0 Å². The maximum absolute atomic E-state index is 4.75. The molecule has 2 nitrogen and oxygen atoms in total. The number of aliphatic imine (C=N–C) groups is 1. The maximum atomic E-state index is 4.75. The largest absolute Gasteiger partial charge is 0.339 e. The fraction of sp³-hybridized carbons (Fsp3) is 0.600. The van der Waals surface area contributed by atoms with E-state index in [-0.39, 0.29) is 0 Å². The Morgan fingerprint density at radius 1 is 1.50 bits per heavy atom. The summed E-state index contributed by atoms with van der Waals surface area (Å²) >= 11 is 4.75. The molecule has 0 aromatic rings. The summed E-state index contributed by atoms with van der Waals surface area (Å²) in [7, 11) is 1.72. The van der Waals surface area contributed by atoms with Crippen LogP contribution in [0.25, 0.3) is 0 Å². The van der Waals surface area contributed by atoms with Crippen LogP contribution in [0.15, 0.2) is 4.99 Å². The van der Waals surface area contributed by atoms with Gasteiger partial charge in [-0.3, -0.25) is 4.99 Å². The minimum atomic E-state index is 0.758. The highest BCUT2D eigenvalue weighted by atomic mass is 32.1. The Bertz CT molecular complexity index is 118. The molecule has 0 saturated heterocycles. The molecule has 3 heteroatoms. The Balaban J connectivity index is 3.56. The Hall–Kier alpha value is -0.440. The zero-order valence-corrected chi connectivity index (χ0v) is 6.17. The molecule has 0 atom stereocenters. The lowest BCUT2D eigenvalue weighted by molar-refractivity contribution is 1.28. The molecule has 0 heterocycles. The highest BCUT2D eigenvalue weighted by Crippen LogP contribution is 1.70. The van der Waals surface area contributed by atoms with Crippen molar-refractivity contribution in [2.45, 2.75) is 13.8 Å². The minimum absolute atomic E-state index is 0.758. The van der Waals surface area contributed by atoms with E-state index in [0.29, 0.717) is 0 Å². The van der Waals surface area contributed by atoms with Gasteiger partial charge in [0.25, 0.3) is 0 Å². The van der Waals surface area contributed by atoms with Crippen molar-refractivity contribution >= 4 is 23.0 Å². The summed E-state index contributed by atoms with van der Waals surface area (Å²) < 4.78 is 0. The van der Waals surface area contributed by atoms with Gasteiger partial charge in [0.15, 0.2) is 0 Å². The lowest BCUT2D eigenvalue weighted by Gasteiger charge is -1.98. The lowest BCUT2D eigenvalue weighted by atomic mass is 10.6. The van der Waals surface area contributed by atoms with E-state index in [2.05, 4.69) is 10.3 Å². The molecule has 46 valence electrons. The number of nitrogens with zero attached hydrogens (tertiary/aromatic N) is 1. The molecule has 0 unspecified atom stereocenters. The van der Waals surface area contributed by atoms with Crippen LogP contribution in [0.2, 0.25) is 0 Å². The van der Waals surface area contributed by atoms with E-state index in [1.54, 1.807) is 7.05 Å². The fourth-order valence-corrected chi connectivity index (χ4v) is 0.458. The van der Waals surface area contributed by atoms with Crippen LogP contribution in [0.1, 0.15) is 13.8 Å². The number of rotatable bonds is 0. The van der Waals surface area contributed by atoms with Gasteiger partial charge < -0.3 is 5.32 Å². The second kappa shape index (κ2) is 3.55. The molecule has 0 aromatic heterocycles. The summed E-state index contributed by atoms with van der Waals surface area (Å²) in [4.78, 5) is 4.60. The van der Waals surface area contributed by atoms with Crippen molar-refractivity contribution in [1.82, 2.24) is 5.32 Å². The van der Waals surface area contributed by atoms with Crippen molar-refractivity contribution < 1.29 is 0 Å². The van der Waals surface area contributed by atoms with Crippen molar-refractivity contribution in [3.05, 3.63) is 0 Å². The van der Waals surface area contributed by atoms with Crippen LogP contribution in [-0.2, 0) is 0 Å². The Kier molecular flexibility index (Phi) is 3.35. The van der Waals surface area contributed by atoms with Gasteiger partial charge in [0.2, 0.25) is 0 Å². The predicted octanol–water partition coefficient (Wildman–Crippen LogP) is 0.972. The summed E-state index contributed by atoms with van der Waals surface area (Å²) in [6.07, 6.45) is 0. The van der Waals surface area contributed by atoms with Gasteiger partial charge in [0, 0.05) is 7.05 Å². The summed E-state index contributed by atoms with van der Waals surface area (Å²) in [5.41, 5.74) is 0. The van der Waals surface area contributed by atoms with Gasteiger partial charge >= 0.3 is 0 Å². The molecule has 0 rings (SSSR count). The molecule has 0 aliphatic heterocycles. The Morgan fingerprint density at radius 3 is 2.12 bits per heavy atom. The van der Waals surface area contributed by atoms with E-state index in [4.69, 9.17) is 12.2 Å². The molecular weight excluding hydrogens is 120 g/mol. The molecule has 0 radical (unpaired) electrons. The van der Waals surface area contributed by atoms with E-state index >= 15 is 0 Å². The van der Waals surface area contributed by atoms with Crippen LogP contribution in [0, 0.1) is 0 Å². The molecule has 0 aliphatic carbocycles. The van der Waals surface area contributed by atoms with Crippen LogP contribution in [-0.4, -0.2) is 17.9 Å². The van der Waals surface area contributed by atoms with Crippen LogP contribution < -0.4 is 5.32 Å². The Morgan fingerprint density at radius 2 is 2.00 bits per heavy atom. The topological polar surface area (TPSA) is 24.4 Å². The normalized spacial score (nSPS) is 11.1. The zero-order chi connectivity index (χ0) is 6.57. The van der Waals surface area contributed by atoms with E-state index in [9.17, 15) is 0 Å². The zero-order valence-electron chi connectivity index (χ0n) is 5.36. The van der Waals surface area contributed by atoms with Crippen LogP contribution in [0.4, 0.5) is 0 Å². The standard InChI is InChI=1S/C5H10N2S/c1-4(6-3)7-5(2)8/h1-3H3,(H,6,7,8). The molecule has 0 aromatic carbocycles. The quantitative estimate of drug-likeness (QED) is 0.300. The lowest BCUT2D eigenvalue weighted by Crippen LogP contribution is -2.23. The first-order valence-corrected chi connectivity index (χ1v) is 2.78. The minimum Gasteiger partial charge on any atom is -0.339 e. The fourth-order valence-electron chi connectivity index (χ4n) is 0.311. The second-order valence-electron chi connectivity index (χ2n) is 1.49. The molecule has 0 saturated carbocycles. The van der Waals surface area contributed by atoms with Crippen molar-refractivity contribution in [3.63, 3.8) is 0 Å². The van der Waals surface area contributed by atoms with Gasteiger partial charge in [-0.1, -0.05) is 12.2 Å². The number of nitrogens with one attached hydrogen (secondary N) is 1.